The molecule has 176 valence electrons. The monoisotopic (exact) mass is 480 g/mol. The standard InChI is InChI=1S/C25H25ClN4O4/c26-16-5-6-17-19(15-28-20(17)13-16)24(25(32)33)30-11-9-29(10-12-30)8-7-27-21-14-23(31)34-22-4-2-1-3-18(21)22/h1-6,13-15,24,27-28H,7-12H2,(H,32,33)/t24-/m0/s1. The number of hydrogen-bond donors (Lipinski definition) is 3. The summed E-state index contributed by atoms with van der Waals surface area (Å²) in [5.74, 6) is -0.860. The summed E-state index contributed by atoms with van der Waals surface area (Å²) in [6, 6.07) is 13.7. The van der Waals surface area contributed by atoms with Crippen molar-refractivity contribution in [3.8, 4) is 0 Å². The third kappa shape index (κ3) is 4.52. The first-order chi connectivity index (χ1) is 16.5. The van der Waals surface area contributed by atoms with Gasteiger partial charge in [0.05, 0.1) is 5.69 Å². The largest absolute Gasteiger partial charge is 0.480 e. The molecule has 2 aromatic carbocycles. The molecule has 0 unspecified atom stereocenters. The second kappa shape index (κ2) is 9.50. The van der Waals surface area contributed by atoms with Crippen LogP contribution < -0.4 is 10.9 Å². The number of anilines is 1. The van der Waals surface area contributed by atoms with Gasteiger partial charge in [-0.15, -0.1) is 0 Å². The van der Waals surface area contributed by atoms with Gasteiger partial charge in [-0.1, -0.05) is 29.8 Å². The first-order valence-electron chi connectivity index (χ1n) is 11.2. The van der Waals surface area contributed by atoms with Crippen LogP contribution in [0.4, 0.5) is 5.69 Å². The number of nitrogens with zero attached hydrogens (tertiary/aromatic N) is 2. The maximum atomic E-state index is 12.2. The predicted octanol–water partition coefficient (Wildman–Crippen LogP) is 3.78. The van der Waals surface area contributed by atoms with E-state index in [1.807, 2.05) is 35.2 Å². The molecule has 1 atom stereocenters. The van der Waals surface area contributed by atoms with Gasteiger partial charge in [0.25, 0.3) is 0 Å². The van der Waals surface area contributed by atoms with Crippen molar-refractivity contribution < 1.29 is 14.3 Å². The van der Waals surface area contributed by atoms with Gasteiger partial charge in [0.1, 0.15) is 11.6 Å². The Bertz CT molecular complexity index is 1390. The van der Waals surface area contributed by atoms with Crippen LogP contribution in [0.3, 0.4) is 0 Å². The second-order valence-corrected chi connectivity index (χ2v) is 8.89. The van der Waals surface area contributed by atoms with Crippen LogP contribution in [0.5, 0.6) is 0 Å². The molecule has 1 aliphatic rings. The predicted molar refractivity (Wildman–Crippen MR) is 133 cm³/mol. The number of carboxylic acids is 1. The highest BCUT2D eigenvalue weighted by atomic mass is 35.5. The van der Waals surface area contributed by atoms with Crippen molar-refractivity contribution in [2.75, 3.05) is 44.6 Å². The van der Waals surface area contributed by atoms with E-state index in [1.54, 1.807) is 18.3 Å². The lowest BCUT2D eigenvalue weighted by molar-refractivity contribution is -0.144. The van der Waals surface area contributed by atoms with Crippen molar-refractivity contribution in [3.05, 3.63) is 75.7 Å². The molecule has 0 spiro atoms. The maximum Gasteiger partial charge on any atom is 0.338 e. The van der Waals surface area contributed by atoms with Crippen molar-refractivity contribution in [1.82, 2.24) is 14.8 Å². The van der Waals surface area contributed by atoms with Crippen LogP contribution in [0.1, 0.15) is 11.6 Å². The van der Waals surface area contributed by atoms with E-state index in [1.165, 1.54) is 6.07 Å². The number of nitrogens with one attached hydrogen (secondary N) is 2. The van der Waals surface area contributed by atoms with Gasteiger partial charge < -0.3 is 19.8 Å². The Hall–Kier alpha value is -3.33. The molecule has 0 radical (unpaired) electrons. The summed E-state index contributed by atoms with van der Waals surface area (Å²) in [5.41, 5.74) is 2.53. The molecule has 5 rings (SSSR count). The highest BCUT2D eigenvalue weighted by Crippen LogP contribution is 2.31. The summed E-state index contributed by atoms with van der Waals surface area (Å²) in [6.07, 6.45) is 1.77. The lowest BCUT2D eigenvalue weighted by atomic mass is 10.0. The van der Waals surface area contributed by atoms with Crippen molar-refractivity contribution in [1.29, 1.82) is 0 Å². The summed E-state index contributed by atoms with van der Waals surface area (Å²) in [7, 11) is 0. The lowest BCUT2D eigenvalue weighted by Gasteiger charge is -2.37. The van der Waals surface area contributed by atoms with E-state index >= 15 is 0 Å². The van der Waals surface area contributed by atoms with Gasteiger partial charge in [-0.05, 0) is 24.3 Å². The Morgan fingerprint density at radius 2 is 1.91 bits per heavy atom. The SMILES string of the molecule is O=C(O)[C@H](c1c[nH]c2cc(Cl)ccc12)N1CCN(CCNc2cc(=O)oc3ccccc23)CC1. The van der Waals surface area contributed by atoms with Gasteiger partial charge in [0.15, 0.2) is 0 Å². The summed E-state index contributed by atoms with van der Waals surface area (Å²) >= 11 is 6.07. The molecule has 0 aliphatic carbocycles. The van der Waals surface area contributed by atoms with Crippen LogP contribution >= 0.6 is 11.6 Å². The minimum Gasteiger partial charge on any atom is -0.480 e. The topological polar surface area (TPSA) is 102 Å². The molecule has 1 fully saturated rings. The number of piperazine rings is 1. The number of aromatic nitrogens is 1. The molecule has 9 heteroatoms. The average molecular weight is 481 g/mol. The molecular weight excluding hydrogens is 456 g/mol. The third-order valence-electron chi connectivity index (χ3n) is 6.37. The van der Waals surface area contributed by atoms with Crippen LogP contribution in [-0.2, 0) is 4.79 Å². The number of hydrogen-bond acceptors (Lipinski definition) is 6. The van der Waals surface area contributed by atoms with Crippen molar-refractivity contribution >= 4 is 45.1 Å². The number of carbonyl (C=O) groups is 1. The zero-order valence-corrected chi connectivity index (χ0v) is 19.2. The normalized spacial score (nSPS) is 16.1. The number of halogens is 1. The second-order valence-electron chi connectivity index (χ2n) is 8.45. The van der Waals surface area contributed by atoms with Gasteiger partial charge in [0, 0.05) is 78.4 Å². The number of aromatic amines is 1. The van der Waals surface area contributed by atoms with Crippen LogP contribution in [0.25, 0.3) is 21.9 Å². The zero-order chi connectivity index (χ0) is 23.7. The maximum absolute atomic E-state index is 12.2. The molecule has 3 heterocycles. The molecule has 1 saturated heterocycles. The first kappa shape index (κ1) is 22.5. The van der Waals surface area contributed by atoms with E-state index in [0.717, 1.165) is 47.2 Å². The van der Waals surface area contributed by atoms with Gasteiger partial charge >= 0.3 is 11.6 Å². The number of rotatable bonds is 7. The Kier molecular flexibility index (Phi) is 6.28. The molecule has 1 aliphatic heterocycles. The molecule has 4 aromatic rings. The molecule has 0 amide bonds. The zero-order valence-electron chi connectivity index (χ0n) is 18.5. The highest BCUT2D eigenvalue weighted by molar-refractivity contribution is 6.31. The van der Waals surface area contributed by atoms with Gasteiger partial charge in [-0.25, -0.2) is 4.79 Å². The molecule has 3 N–H and O–H groups in total. The molecule has 2 aromatic heterocycles. The van der Waals surface area contributed by atoms with Crippen LogP contribution in [0.2, 0.25) is 5.02 Å². The first-order valence-corrected chi connectivity index (χ1v) is 11.6. The fraction of sp³-hybridized carbons (Fsp3) is 0.280. The molecular formula is C25H25ClN4O4. The van der Waals surface area contributed by atoms with Crippen LogP contribution in [0, 0.1) is 0 Å². The van der Waals surface area contributed by atoms with Crippen molar-refractivity contribution in [3.63, 3.8) is 0 Å². The number of carboxylic acid groups (broad SMARTS) is 1. The van der Waals surface area contributed by atoms with Crippen LogP contribution in [-0.4, -0.2) is 65.1 Å². The molecule has 8 nitrogen and oxygen atoms in total. The summed E-state index contributed by atoms with van der Waals surface area (Å²) in [5, 5.41) is 15.7. The van der Waals surface area contributed by atoms with Crippen LogP contribution in [0.15, 0.2) is 63.9 Å². The molecule has 0 bridgehead atoms. The van der Waals surface area contributed by atoms with Crippen molar-refractivity contribution in [2.24, 2.45) is 0 Å². The number of fused-ring (bicyclic) bond motifs is 2. The minimum absolute atomic E-state index is 0.380. The van der Waals surface area contributed by atoms with Gasteiger partial charge in [-0.2, -0.15) is 0 Å². The lowest BCUT2D eigenvalue weighted by Crippen LogP contribution is -2.50. The Balaban J connectivity index is 1.21. The minimum atomic E-state index is -0.860. The summed E-state index contributed by atoms with van der Waals surface area (Å²) in [6.45, 7) is 4.27. The third-order valence-corrected chi connectivity index (χ3v) is 6.60. The highest BCUT2D eigenvalue weighted by Gasteiger charge is 2.32. The Morgan fingerprint density at radius 1 is 1.12 bits per heavy atom. The van der Waals surface area contributed by atoms with E-state index in [4.69, 9.17) is 16.0 Å². The van der Waals surface area contributed by atoms with E-state index < -0.39 is 12.0 Å². The quantitative estimate of drug-likeness (QED) is 0.346. The van der Waals surface area contributed by atoms with E-state index in [0.29, 0.717) is 30.2 Å². The van der Waals surface area contributed by atoms with Gasteiger partial charge in [0.2, 0.25) is 0 Å². The molecule has 34 heavy (non-hydrogen) atoms. The summed E-state index contributed by atoms with van der Waals surface area (Å²) < 4.78 is 5.25. The Morgan fingerprint density at radius 3 is 2.71 bits per heavy atom. The number of para-hydroxylation sites is 1. The van der Waals surface area contributed by atoms with E-state index in [-0.39, 0.29) is 5.63 Å². The van der Waals surface area contributed by atoms with E-state index in [9.17, 15) is 14.7 Å². The number of aliphatic carboxylic acids is 1. The van der Waals surface area contributed by atoms with E-state index in [2.05, 4.69) is 15.2 Å². The fourth-order valence-corrected chi connectivity index (χ4v) is 4.86. The smallest absolute Gasteiger partial charge is 0.338 e. The summed E-state index contributed by atoms with van der Waals surface area (Å²) in [4.78, 5) is 31.5. The average Bonchev–Trinajstić information content (AvgIpc) is 3.22. The Labute approximate surface area is 200 Å². The van der Waals surface area contributed by atoms with Gasteiger partial charge in [-0.3, -0.25) is 14.6 Å². The number of H-pyrrole nitrogens is 1. The molecule has 0 saturated carbocycles. The fourth-order valence-electron chi connectivity index (χ4n) is 4.68. The van der Waals surface area contributed by atoms with Crippen molar-refractivity contribution in [2.45, 2.75) is 6.04 Å². The number of benzene rings is 2.